The molecule has 3 aromatic rings. The maximum absolute atomic E-state index is 14.1. The minimum absolute atomic E-state index is 0.0433. The smallest absolute Gasteiger partial charge is 0.244 e. The Hall–Kier alpha value is -3.36. The number of amides is 2. The van der Waals surface area contributed by atoms with Crippen molar-refractivity contribution in [3.8, 4) is 0 Å². The third-order valence-corrected chi connectivity index (χ3v) is 8.19. The number of unbranched alkanes of at least 4 members (excludes halogenated alkanes) is 1. The lowest BCUT2D eigenvalue weighted by Crippen LogP contribution is -2.53. The molecule has 1 atom stereocenters. The van der Waals surface area contributed by atoms with Gasteiger partial charge in [0.2, 0.25) is 21.8 Å². The first kappa shape index (κ1) is 31.2. The zero-order chi connectivity index (χ0) is 29.3. The third-order valence-electron chi connectivity index (χ3n) is 6.70. The largest absolute Gasteiger partial charge is 0.354 e. The number of hydrogen-bond donors (Lipinski definition) is 1. The van der Waals surface area contributed by atoms with Gasteiger partial charge >= 0.3 is 0 Å². The van der Waals surface area contributed by atoms with Crippen molar-refractivity contribution in [2.45, 2.75) is 52.6 Å². The Labute approximate surface area is 243 Å². The molecule has 0 radical (unpaired) electrons. The molecule has 0 aromatic heterocycles. The van der Waals surface area contributed by atoms with Crippen LogP contribution in [0.5, 0.6) is 0 Å². The highest BCUT2D eigenvalue weighted by molar-refractivity contribution is 7.92. The standard InChI is InChI=1S/C31H38ClN3O4S/c1-5-6-18-33-31(37)29(20-25-12-8-7-9-13-25)34(21-26-14-10-11-15-27(26)32)30(36)22-35(40(4,38)39)28-17-16-23(2)19-24(28)3/h7-17,19,29H,5-6,18,20-22H2,1-4H3,(H,33,37)/t29-/m1/s1. The van der Waals surface area contributed by atoms with Gasteiger partial charge < -0.3 is 10.2 Å². The Kier molecular flexibility index (Phi) is 11.2. The average molecular weight is 584 g/mol. The number of carbonyl (C=O) groups is 2. The molecule has 7 nitrogen and oxygen atoms in total. The number of benzene rings is 3. The number of carbonyl (C=O) groups excluding carboxylic acids is 2. The second-order valence-corrected chi connectivity index (χ2v) is 12.3. The van der Waals surface area contributed by atoms with Crippen LogP contribution in [-0.4, -0.2) is 50.5 Å². The summed E-state index contributed by atoms with van der Waals surface area (Å²) in [5.41, 5.74) is 3.67. The molecular formula is C31H38ClN3O4S. The second-order valence-electron chi connectivity index (χ2n) is 10.0. The Morgan fingerprint density at radius 1 is 0.975 bits per heavy atom. The molecule has 0 saturated heterocycles. The predicted octanol–water partition coefficient (Wildman–Crippen LogP) is 5.28. The van der Waals surface area contributed by atoms with Crippen molar-refractivity contribution >= 4 is 39.1 Å². The Morgan fingerprint density at radius 3 is 2.27 bits per heavy atom. The number of anilines is 1. The first-order valence-corrected chi connectivity index (χ1v) is 15.6. The van der Waals surface area contributed by atoms with Gasteiger partial charge in [0.1, 0.15) is 12.6 Å². The number of nitrogens with one attached hydrogen (secondary N) is 1. The van der Waals surface area contributed by atoms with E-state index in [4.69, 9.17) is 11.6 Å². The van der Waals surface area contributed by atoms with E-state index >= 15 is 0 Å². The average Bonchev–Trinajstić information content (AvgIpc) is 2.90. The van der Waals surface area contributed by atoms with Gasteiger partial charge in [-0.3, -0.25) is 13.9 Å². The van der Waals surface area contributed by atoms with E-state index in [0.717, 1.165) is 40.1 Å². The molecule has 0 bridgehead atoms. The van der Waals surface area contributed by atoms with Crippen molar-refractivity contribution in [1.82, 2.24) is 10.2 Å². The molecule has 214 valence electrons. The second kappa shape index (κ2) is 14.3. The molecule has 0 aliphatic carbocycles. The van der Waals surface area contributed by atoms with Gasteiger partial charge in [-0.2, -0.15) is 0 Å². The molecule has 2 amide bonds. The van der Waals surface area contributed by atoms with Gasteiger partial charge in [0, 0.05) is 24.5 Å². The number of aryl methyl sites for hydroxylation is 2. The van der Waals surface area contributed by atoms with E-state index in [0.29, 0.717) is 22.8 Å². The number of sulfonamides is 1. The van der Waals surface area contributed by atoms with Crippen LogP contribution in [-0.2, 0) is 32.6 Å². The predicted molar refractivity (Wildman–Crippen MR) is 162 cm³/mol. The molecule has 1 N–H and O–H groups in total. The summed E-state index contributed by atoms with van der Waals surface area (Å²) in [6.07, 6.45) is 3.05. The van der Waals surface area contributed by atoms with E-state index in [-0.39, 0.29) is 18.9 Å². The minimum Gasteiger partial charge on any atom is -0.354 e. The van der Waals surface area contributed by atoms with E-state index in [2.05, 4.69) is 5.32 Å². The maximum Gasteiger partial charge on any atom is 0.244 e. The summed E-state index contributed by atoms with van der Waals surface area (Å²) in [5, 5.41) is 3.43. The lowest BCUT2D eigenvalue weighted by Gasteiger charge is -2.34. The SMILES string of the molecule is CCCCNC(=O)[C@@H](Cc1ccccc1)N(Cc1ccccc1Cl)C(=O)CN(c1ccc(C)cc1C)S(C)(=O)=O. The molecule has 0 spiro atoms. The van der Waals surface area contributed by atoms with Crippen LogP contribution in [0, 0.1) is 13.8 Å². The lowest BCUT2D eigenvalue weighted by molar-refractivity contribution is -0.140. The molecule has 3 aromatic carbocycles. The van der Waals surface area contributed by atoms with Crippen LogP contribution in [0.25, 0.3) is 0 Å². The Balaban J connectivity index is 2.06. The lowest BCUT2D eigenvalue weighted by atomic mass is 10.0. The zero-order valence-corrected chi connectivity index (χ0v) is 25.1. The van der Waals surface area contributed by atoms with Crippen LogP contribution < -0.4 is 9.62 Å². The molecule has 0 saturated carbocycles. The van der Waals surface area contributed by atoms with E-state index in [1.165, 1.54) is 4.90 Å². The van der Waals surface area contributed by atoms with Gasteiger partial charge in [0.05, 0.1) is 11.9 Å². The molecule has 0 aliphatic heterocycles. The first-order valence-electron chi connectivity index (χ1n) is 13.4. The summed E-state index contributed by atoms with van der Waals surface area (Å²) in [7, 11) is -3.83. The van der Waals surface area contributed by atoms with Gasteiger partial charge in [0.15, 0.2) is 0 Å². The maximum atomic E-state index is 14.1. The van der Waals surface area contributed by atoms with Gasteiger partial charge in [0.25, 0.3) is 0 Å². The van der Waals surface area contributed by atoms with Crippen molar-refractivity contribution in [3.05, 3.63) is 100 Å². The summed E-state index contributed by atoms with van der Waals surface area (Å²) in [6.45, 7) is 5.83. The summed E-state index contributed by atoms with van der Waals surface area (Å²) in [4.78, 5) is 29.2. The van der Waals surface area contributed by atoms with E-state index in [1.807, 2.05) is 69.3 Å². The summed E-state index contributed by atoms with van der Waals surface area (Å²) in [5.74, 6) is -0.799. The number of nitrogens with zero attached hydrogens (tertiary/aromatic N) is 2. The van der Waals surface area contributed by atoms with E-state index in [9.17, 15) is 18.0 Å². The molecule has 0 unspecified atom stereocenters. The quantitative estimate of drug-likeness (QED) is 0.277. The van der Waals surface area contributed by atoms with Crippen LogP contribution >= 0.6 is 11.6 Å². The zero-order valence-electron chi connectivity index (χ0n) is 23.6. The topological polar surface area (TPSA) is 86.8 Å². The van der Waals surface area contributed by atoms with Crippen LogP contribution in [0.15, 0.2) is 72.8 Å². The fourth-order valence-corrected chi connectivity index (χ4v) is 5.65. The van der Waals surface area contributed by atoms with E-state index in [1.54, 1.807) is 24.3 Å². The van der Waals surface area contributed by atoms with Gasteiger partial charge in [-0.15, -0.1) is 0 Å². The molecule has 9 heteroatoms. The minimum atomic E-state index is -3.83. The van der Waals surface area contributed by atoms with Crippen LogP contribution in [0.2, 0.25) is 5.02 Å². The van der Waals surface area contributed by atoms with Crippen molar-refractivity contribution in [1.29, 1.82) is 0 Å². The Morgan fingerprint density at radius 2 is 1.65 bits per heavy atom. The summed E-state index contributed by atoms with van der Waals surface area (Å²) in [6, 6.07) is 21.1. The first-order chi connectivity index (χ1) is 19.0. The summed E-state index contributed by atoms with van der Waals surface area (Å²) >= 11 is 6.48. The van der Waals surface area contributed by atoms with Gasteiger partial charge in [-0.25, -0.2) is 8.42 Å². The van der Waals surface area contributed by atoms with Crippen molar-refractivity contribution < 1.29 is 18.0 Å². The molecule has 0 aliphatic rings. The van der Waals surface area contributed by atoms with Gasteiger partial charge in [-0.1, -0.05) is 91.2 Å². The molecule has 3 rings (SSSR count). The van der Waals surface area contributed by atoms with Crippen LogP contribution in [0.3, 0.4) is 0 Å². The number of hydrogen-bond acceptors (Lipinski definition) is 4. The number of rotatable bonds is 13. The molecule has 0 fully saturated rings. The summed E-state index contributed by atoms with van der Waals surface area (Å²) < 4.78 is 27.0. The highest BCUT2D eigenvalue weighted by Gasteiger charge is 2.33. The number of halogens is 1. The monoisotopic (exact) mass is 583 g/mol. The van der Waals surface area contributed by atoms with E-state index < -0.39 is 28.5 Å². The highest BCUT2D eigenvalue weighted by atomic mass is 35.5. The normalized spacial score (nSPS) is 12.0. The highest BCUT2D eigenvalue weighted by Crippen LogP contribution is 2.25. The third kappa shape index (κ3) is 8.57. The van der Waals surface area contributed by atoms with Crippen molar-refractivity contribution in [2.24, 2.45) is 0 Å². The molecule has 0 heterocycles. The Bertz CT molecular complexity index is 1410. The van der Waals surface area contributed by atoms with Crippen molar-refractivity contribution in [2.75, 3.05) is 23.7 Å². The molecule has 40 heavy (non-hydrogen) atoms. The van der Waals surface area contributed by atoms with Crippen LogP contribution in [0.1, 0.15) is 42.0 Å². The fraction of sp³-hybridized carbons (Fsp3) is 0.355. The van der Waals surface area contributed by atoms with Gasteiger partial charge in [-0.05, 0) is 49.1 Å². The van der Waals surface area contributed by atoms with Crippen molar-refractivity contribution in [3.63, 3.8) is 0 Å². The van der Waals surface area contributed by atoms with Crippen LogP contribution in [0.4, 0.5) is 5.69 Å². The fourth-order valence-electron chi connectivity index (χ4n) is 4.55. The molecular weight excluding hydrogens is 546 g/mol.